The number of benzene rings is 1. The number of amides is 4. The summed E-state index contributed by atoms with van der Waals surface area (Å²) in [5.74, 6) is -1.36. The zero-order chi connectivity index (χ0) is 43.3. The number of hydrogen-bond donors (Lipinski definition) is 2. The SMILES string of the molecule is C[C@@H]1C[C@H](CCO[C@H]2CC[C@H](N3C(=S)N(c4cnc(C#N)c(C(F)(F)F)c4)C(=O)C3(C)C)CC2)C[C@H](C)N1CC(=O)Nc1cccc2c(C3CCC(=O)NC3=O)nn(C)c12. The van der Waals surface area contributed by atoms with Gasteiger partial charge in [-0.15, -0.1) is 0 Å². The van der Waals surface area contributed by atoms with Gasteiger partial charge in [0.05, 0.1) is 52.9 Å². The van der Waals surface area contributed by atoms with E-state index in [-0.39, 0.29) is 65.7 Å². The summed E-state index contributed by atoms with van der Waals surface area (Å²) in [4.78, 5) is 60.3. The number of fused-ring (bicyclic) bond motifs is 1. The molecule has 2 aromatic heterocycles. The van der Waals surface area contributed by atoms with Gasteiger partial charge in [-0.05, 0) is 109 Å². The highest BCUT2D eigenvalue weighted by Gasteiger charge is 2.53. The molecule has 320 valence electrons. The van der Waals surface area contributed by atoms with Crippen LogP contribution < -0.4 is 15.5 Å². The molecule has 1 unspecified atom stereocenters. The monoisotopic (exact) mass is 849 g/mol. The van der Waals surface area contributed by atoms with Crippen LogP contribution in [0.3, 0.4) is 0 Å². The van der Waals surface area contributed by atoms with E-state index in [4.69, 9.17) is 17.0 Å². The average molecular weight is 850 g/mol. The molecule has 1 aliphatic carbocycles. The van der Waals surface area contributed by atoms with Crippen LogP contribution in [-0.2, 0) is 37.1 Å². The van der Waals surface area contributed by atoms with E-state index >= 15 is 0 Å². The Balaban J connectivity index is 0.884. The molecule has 14 nitrogen and oxygen atoms in total. The van der Waals surface area contributed by atoms with E-state index in [0.29, 0.717) is 48.7 Å². The van der Waals surface area contributed by atoms with E-state index in [2.05, 4.69) is 39.5 Å². The van der Waals surface area contributed by atoms with Gasteiger partial charge in [0.25, 0.3) is 5.91 Å². The topological polar surface area (TPSA) is 166 Å². The summed E-state index contributed by atoms with van der Waals surface area (Å²) in [5.41, 5.74) is -1.29. The first kappa shape index (κ1) is 43.1. The van der Waals surface area contributed by atoms with Crippen molar-refractivity contribution >= 4 is 63.2 Å². The molecule has 3 aliphatic heterocycles. The molecule has 0 bridgehead atoms. The molecule has 3 saturated heterocycles. The maximum atomic E-state index is 13.7. The number of aromatic nitrogens is 3. The fraction of sp³-hybridized carbons (Fsp3) is 0.571. The van der Waals surface area contributed by atoms with Gasteiger partial charge in [-0.3, -0.25) is 39.0 Å². The van der Waals surface area contributed by atoms with Crippen molar-refractivity contribution in [2.45, 2.75) is 127 Å². The maximum Gasteiger partial charge on any atom is 0.419 e. The van der Waals surface area contributed by atoms with Gasteiger partial charge >= 0.3 is 6.18 Å². The summed E-state index contributed by atoms with van der Waals surface area (Å²) in [6.45, 7) is 8.56. The van der Waals surface area contributed by atoms with E-state index in [1.54, 1.807) is 25.6 Å². The number of carbonyl (C=O) groups excluding carboxylic acids is 4. The lowest BCUT2D eigenvalue weighted by atomic mass is 9.85. The Bertz CT molecular complexity index is 2240. The molecule has 4 aliphatic rings. The van der Waals surface area contributed by atoms with E-state index < -0.39 is 34.8 Å². The molecule has 4 atom stereocenters. The molecule has 2 N–H and O–H groups in total. The van der Waals surface area contributed by atoms with E-state index in [1.165, 1.54) is 6.07 Å². The molecule has 4 amide bonds. The number of para-hydroxylation sites is 1. The first-order valence-corrected chi connectivity index (χ1v) is 20.9. The molecule has 1 aromatic carbocycles. The number of halogens is 3. The Kier molecular flexibility index (Phi) is 12.1. The number of piperidine rings is 2. The Morgan fingerprint density at radius 3 is 2.45 bits per heavy atom. The molecule has 60 heavy (non-hydrogen) atoms. The van der Waals surface area contributed by atoms with Crippen LogP contribution in [0.4, 0.5) is 24.5 Å². The molecular formula is C42H50F3N9O5S. The van der Waals surface area contributed by atoms with E-state index in [1.807, 2.05) is 23.1 Å². The summed E-state index contributed by atoms with van der Waals surface area (Å²) in [6, 6.07) is 8.00. The second-order valence-electron chi connectivity index (χ2n) is 17.1. The molecule has 5 heterocycles. The van der Waals surface area contributed by atoms with Crippen molar-refractivity contribution in [3.63, 3.8) is 0 Å². The number of aryl methyl sites for hydroxylation is 1. The number of hydrogen-bond acceptors (Lipinski definition) is 10. The summed E-state index contributed by atoms with van der Waals surface area (Å²) < 4.78 is 49.2. The van der Waals surface area contributed by atoms with Gasteiger partial charge in [-0.25, -0.2) is 4.98 Å². The second kappa shape index (κ2) is 16.8. The minimum atomic E-state index is -4.83. The summed E-state index contributed by atoms with van der Waals surface area (Å²) in [7, 11) is 1.78. The van der Waals surface area contributed by atoms with Gasteiger partial charge in [-0.2, -0.15) is 23.5 Å². The van der Waals surface area contributed by atoms with Crippen molar-refractivity contribution in [3.8, 4) is 6.07 Å². The number of thiocarbonyl (C=S) groups is 1. The number of nitrogens with zero attached hydrogens (tertiary/aromatic N) is 7. The predicted molar refractivity (Wildman–Crippen MR) is 219 cm³/mol. The van der Waals surface area contributed by atoms with Gasteiger partial charge in [-0.1, -0.05) is 12.1 Å². The summed E-state index contributed by atoms with van der Waals surface area (Å²) in [6.07, 6.45) is 2.53. The Hall–Kier alpha value is -4.99. The smallest absolute Gasteiger partial charge is 0.378 e. The van der Waals surface area contributed by atoms with Crippen LogP contribution in [0, 0.1) is 17.2 Å². The first-order valence-electron chi connectivity index (χ1n) is 20.5. The molecule has 0 radical (unpaired) electrons. The van der Waals surface area contributed by atoms with Crippen molar-refractivity contribution in [1.82, 2.24) is 29.9 Å². The quantitative estimate of drug-likeness (QED) is 0.183. The van der Waals surface area contributed by atoms with Crippen LogP contribution in [0.1, 0.15) is 108 Å². The van der Waals surface area contributed by atoms with Gasteiger partial charge in [0, 0.05) is 43.6 Å². The molecule has 18 heteroatoms. The van der Waals surface area contributed by atoms with Crippen LogP contribution >= 0.6 is 12.2 Å². The third kappa shape index (κ3) is 8.35. The molecule has 3 aromatic rings. The largest absolute Gasteiger partial charge is 0.419 e. The number of alkyl halides is 3. The van der Waals surface area contributed by atoms with Crippen molar-refractivity contribution in [2.75, 3.05) is 23.4 Å². The molecule has 4 fully saturated rings. The van der Waals surface area contributed by atoms with Crippen molar-refractivity contribution in [3.05, 3.63) is 47.4 Å². The highest BCUT2D eigenvalue weighted by Crippen LogP contribution is 2.41. The van der Waals surface area contributed by atoms with Gasteiger partial charge in [0.1, 0.15) is 11.6 Å². The third-order valence-electron chi connectivity index (χ3n) is 12.7. The molecule has 1 saturated carbocycles. The molecule has 0 spiro atoms. The summed E-state index contributed by atoms with van der Waals surface area (Å²) >= 11 is 5.73. The zero-order valence-electron chi connectivity index (χ0n) is 34.3. The van der Waals surface area contributed by atoms with Crippen LogP contribution in [0.2, 0.25) is 0 Å². The number of likely N-dealkylation sites (tertiary alicyclic amines) is 1. The Morgan fingerprint density at radius 2 is 1.80 bits per heavy atom. The van der Waals surface area contributed by atoms with E-state index in [9.17, 15) is 37.6 Å². The summed E-state index contributed by atoms with van der Waals surface area (Å²) in [5, 5.41) is 20.2. The fourth-order valence-electron chi connectivity index (χ4n) is 9.75. The number of imide groups is 1. The van der Waals surface area contributed by atoms with Gasteiger partial charge in [0.2, 0.25) is 17.7 Å². The minimum absolute atomic E-state index is 0.0343. The van der Waals surface area contributed by atoms with Gasteiger partial charge in [0.15, 0.2) is 10.8 Å². The van der Waals surface area contributed by atoms with Crippen LogP contribution in [0.25, 0.3) is 10.9 Å². The number of ether oxygens (including phenoxy) is 1. The predicted octanol–water partition coefficient (Wildman–Crippen LogP) is 5.94. The van der Waals surface area contributed by atoms with Crippen molar-refractivity contribution < 1.29 is 37.1 Å². The lowest BCUT2D eigenvalue weighted by Gasteiger charge is -2.42. The number of nitriles is 1. The molecule has 7 rings (SSSR count). The van der Waals surface area contributed by atoms with Crippen molar-refractivity contribution in [1.29, 1.82) is 5.26 Å². The Morgan fingerprint density at radius 1 is 1.10 bits per heavy atom. The highest BCUT2D eigenvalue weighted by molar-refractivity contribution is 7.80. The third-order valence-corrected chi connectivity index (χ3v) is 13.1. The highest BCUT2D eigenvalue weighted by atomic mass is 32.1. The minimum Gasteiger partial charge on any atom is -0.378 e. The number of nitrogens with one attached hydrogen (secondary N) is 2. The van der Waals surface area contributed by atoms with Crippen LogP contribution in [-0.4, -0.2) is 96.2 Å². The number of carbonyl (C=O) groups is 4. The van der Waals surface area contributed by atoms with Crippen molar-refractivity contribution in [2.24, 2.45) is 13.0 Å². The lowest BCUT2D eigenvalue weighted by molar-refractivity contribution is -0.138. The Labute approximate surface area is 351 Å². The van der Waals surface area contributed by atoms with Gasteiger partial charge < -0.3 is 15.0 Å². The van der Waals surface area contributed by atoms with Crippen LogP contribution in [0.15, 0.2) is 30.5 Å². The average Bonchev–Trinajstić information content (AvgIpc) is 3.61. The first-order chi connectivity index (χ1) is 28.4. The lowest BCUT2D eigenvalue weighted by Crippen LogP contribution is -2.51. The second-order valence-corrected chi connectivity index (χ2v) is 17.5. The maximum absolute atomic E-state index is 13.7. The van der Waals surface area contributed by atoms with E-state index in [0.717, 1.165) is 54.7 Å². The number of anilines is 2. The van der Waals surface area contributed by atoms with Crippen LogP contribution in [0.5, 0.6) is 0 Å². The fourth-order valence-corrected chi connectivity index (χ4v) is 10.3. The zero-order valence-corrected chi connectivity index (χ0v) is 35.2. The number of pyridine rings is 1. The standard InChI is InChI=1S/C42H50F3N9O5S/c1-23-17-25(18-24(2)52(23)22-35(56)48-32-8-6-7-29-36(50-51(5)37(29)32)30-13-14-34(55)49-38(30)57)15-16-59-28-11-9-26(10-12-28)54-40(60)53(39(58)41(54,3)4)27-19-31(42(43,44)45)33(20-46)47-21-27/h6-8,19,21,23-26,28,30H,9-18,22H2,1-5H3,(H,48,56)(H,49,55,57)/t23-,24+,25+,26-,28-,30?. The number of rotatable bonds is 10. The normalized spacial score (nSPS) is 26.4. The molecular weight excluding hydrogens is 800 g/mol.